The summed E-state index contributed by atoms with van der Waals surface area (Å²) in [5.41, 5.74) is 0.514. The van der Waals surface area contributed by atoms with Crippen molar-refractivity contribution in [2.75, 3.05) is 13.6 Å². The lowest BCUT2D eigenvalue weighted by Gasteiger charge is -2.13. The van der Waals surface area contributed by atoms with E-state index in [0.717, 1.165) is 4.47 Å². The average molecular weight is 288 g/mol. The van der Waals surface area contributed by atoms with E-state index in [2.05, 4.69) is 15.9 Å². The van der Waals surface area contributed by atoms with Gasteiger partial charge in [-0.15, -0.1) is 0 Å². The Balaban J connectivity index is 2.64. The van der Waals surface area contributed by atoms with Crippen LogP contribution in [0.4, 0.5) is 4.39 Å². The maximum absolute atomic E-state index is 13.3. The van der Waals surface area contributed by atoms with Crippen LogP contribution in [0.5, 0.6) is 0 Å². The molecule has 0 aliphatic rings. The molecule has 16 heavy (non-hydrogen) atoms. The Labute approximate surface area is 101 Å². The molecule has 0 atom stereocenters. The topological polar surface area (TPSA) is 37.4 Å². The number of aldehydes is 1. The van der Waals surface area contributed by atoms with Gasteiger partial charge in [0.15, 0.2) is 0 Å². The van der Waals surface area contributed by atoms with Gasteiger partial charge in [0.1, 0.15) is 5.82 Å². The second-order valence-corrected chi connectivity index (χ2v) is 4.28. The Bertz CT molecular complexity index is 409. The molecular weight excluding hydrogens is 277 g/mol. The highest BCUT2D eigenvalue weighted by molar-refractivity contribution is 9.10. The maximum Gasteiger partial charge on any atom is 0.286 e. The molecule has 0 spiro atoms. The molecule has 1 amide bonds. The van der Waals surface area contributed by atoms with Crippen LogP contribution in [-0.4, -0.2) is 30.7 Å². The lowest BCUT2D eigenvalue weighted by atomic mass is 10.1. The van der Waals surface area contributed by atoms with Gasteiger partial charge in [0, 0.05) is 18.1 Å². The fourth-order valence-electron chi connectivity index (χ4n) is 1.22. The molecule has 3 nitrogen and oxygen atoms in total. The number of hydrogen-bond donors (Lipinski definition) is 0. The van der Waals surface area contributed by atoms with Crippen LogP contribution in [0.1, 0.15) is 5.56 Å². The van der Waals surface area contributed by atoms with Gasteiger partial charge in [0.25, 0.3) is 5.91 Å². The predicted octanol–water partition coefficient (Wildman–Crippen LogP) is 1.79. The molecule has 0 saturated carbocycles. The summed E-state index contributed by atoms with van der Waals surface area (Å²) in [4.78, 5) is 22.4. The lowest BCUT2D eigenvalue weighted by Crippen LogP contribution is -2.29. The summed E-state index contributed by atoms with van der Waals surface area (Å²) in [6.45, 7) is 0.310. The van der Waals surface area contributed by atoms with Crippen LogP contribution >= 0.6 is 15.9 Å². The minimum Gasteiger partial charge on any atom is -0.339 e. The normalized spacial score (nSPS) is 9.94. The molecule has 0 saturated heterocycles. The monoisotopic (exact) mass is 287 g/mol. The summed E-state index contributed by atoms with van der Waals surface area (Å²) in [6.07, 6.45) is 0.624. The standard InChI is InChI=1S/C11H11BrFNO2/c1-14(11(16)7-15)5-4-8-6-9(12)2-3-10(8)13/h2-3,6-7H,4-5H2,1H3. The third-order valence-corrected chi connectivity index (χ3v) is 2.69. The molecule has 0 unspecified atom stereocenters. The van der Waals surface area contributed by atoms with E-state index >= 15 is 0 Å². The summed E-state index contributed by atoms with van der Waals surface area (Å²) >= 11 is 3.24. The van der Waals surface area contributed by atoms with Crippen molar-refractivity contribution in [1.82, 2.24) is 4.90 Å². The van der Waals surface area contributed by atoms with E-state index in [9.17, 15) is 14.0 Å². The van der Waals surface area contributed by atoms with E-state index in [4.69, 9.17) is 0 Å². The first kappa shape index (κ1) is 12.8. The molecule has 0 aliphatic carbocycles. The number of hydrogen-bond acceptors (Lipinski definition) is 2. The first-order valence-electron chi connectivity index (χ1n) is 4.69. The Morgan fingerprint density at radius 3 is 2.88 bits per heavy atom. The first-order valence-corrected chi connectivity index (χ1v) is 5.48. The predicted molar refractivity (Wildman–Crippen MR) is 61.5 cm³/mol. The maximum atomic E-state index is 13.3. The lowest BCUT2D eigenvalue weighted by molar-refractivity contribution is -0.137. The smallest absolute Gasteiger partial charge is 0.286 e. The zero-order chi connectivity index (χ0) is 12.1. The van der Waals surface area contributed by atoms with Gasteiger partial charge in [-0.1, -0.05) is 15.9 Å². The number of halogens is 2. The molecule has 0 N–H and O–H groups in total. The molecule has 0 aromatic heterocycles. The Morgan fingerprint density at radius 2 is 2.25 bits per heavy atom. The minimum absolute atomic E-state index is 0.247. The number of likely N-dealkylation sites (N-methyl/N-ethyl adjacent to an activating group) is 1. The summed E-state index contributed by atoms with van der Waals surface area (Å²) in [7, 11) is 1.51. The first-order chi connectivity index (χ1) is 7.54. The van der Waals surface area contributed by atoms with Crippen molar-refractivity contribution in [3.05, 3.63) is 34.1 Å². The number of benzene rings is 1. The minimum atomic E-state index is -0.601. The van der Waals surface area contributed by atoms with Crippen LogP contribution < -0.4 is 0 Å². The van der Waals surface area contributed by atoms with Gasteiger partial charge >= 0.3 is 0 Å². The van der Waals surface area contributed by atoms with E-state index in [1.54, 1.807) is 12.1 Å². The zero-order valence-corrected chi connectivity index (χ0v) is 10.3. The Hall–Kier alpha value is -1.23. The van der Waals surface area contributed by atoms with Gasteiger partial charge < -0.3 is 4.90 Å². The van der Waals surface area contributed by atoms with Gasteiger partial charge in [-0.2, -0.15) is 0 Å². The van der Waals surface area contributed by atoms with E-state index < -0.39 is 5.91 Å². The number of amides is 1. The fourth-order valence-corrected chi connectivity index (χ4v) is 1.63. The highest BCUT2D eigenvalue weighted by Crippen LogP contribution is 2.16. The van der Waals surface area contributed by atoms with Crippen molar-refractivity contribution in [3.63, 3.8) is 0 Å². The number of carbonyl (C=O) groups excluding carboxylic acids is 2. The molecular formula is C11H11BrFNO2. The second kappa shape index (κ2) is 5.75. The van der Waals surface area contributed by atoms with Gasteiger partial charge in [-0.25, -0.2) is 4.39 Å². The molecule has 1 aromatic carbocycles. The molecule has 0 radical (unpaired) electrons. The van der Waals surface area contributed by atoms with Crippen molar-refractivity contribution >= 4 is 28.1 Å². The van der Waals surface area contributed by atoms with E-state index in [0.29, 0.717) is 18.5 Å². The van der Waals surface area contributed by atoms with Crippen LogP contribution in [-0.2, 0) is 16.0 Å². The van der Waals surface area contributed by atoms with Gasteiger partial charge in [-0.3, -0.25) is 9.59 Å². The quantitative estimate of drug-likeness (QED) is 0.625. The number of nitrogens with zero attached hydrogens (tertiary/aromatic N) is 1. The largest absolute Gasteiger partial charge is 0.339 e. The Morgan fingerprint density at radius 1 is 1.56 bits per heavy atom. The number of rotatable bonds is 4. The summed E-state index contributed by atoms with van der Waals surface area (Å²) in [6, 6.07) is 4.63. The zero-order valence-electron chi connectivity index (χ0n) is 8.74. The van der Waals surface area contributed by atoms with Gasteiger partial charge in [0.05, 0.1) is 0 Å². The highest BCUT2D eigenvalue weighted by Gasteiger charge is 2.08. The van der Waals surface area contributed by atoms with Crippen molar-refractivity contribution in [1.29, 1.82) is 0 Å². The molecule has 0 aliphatic heterocycles. The van der Waals surface area contributed by atoms with Crippen LogP contribution in [0.3, 0.4) is 0 Å². The van der Waals surface area contributed by atoms with Crippen molar-refractivity contribution in [3.8, 4) is 0 Å². The number of carbonyl (C=O) groups is 2. The molecule has 1 aromatic rings. The molecule has 1 rings (SSSR count). The van der Waals surface area contributed by atoms with Crippen LogP contribution in [0, 0.1) is 5.82 Å². The summed E-state index contributed by atoms with van der Waals surface area (Å²) in [5.74, 6) is -0.912. The van der Waals surface area contributed by atoms with Crippen LogP contribution in [0.25, 0.3) is 0 Å². The third-order valence-electron chi connectivity index (χ3n) is 2.20. The van der Waals surface area contributed by atoms with Crippen molar-refractivity contribution < 1.29 is 14.0 Å². The van der Waals surface area contributed by atoms with Crippen LogP contribution in [0.2, 0.25) is 0 Å². The molecule has 86 valence electrons. The SMILES string of the molecule is CN(CCc1cc(Br)ccc1F)C(=O)C=O. The average Bonchev–Trinajstić information content (AvgIpc) is 2.28. The summed E-state index contributed by atoms with van der Waals surface area (Å²) < 4.78 is 14.1. The van der Waals surface area contributed by atoms with E-state index in [1.165, 1.54) is 18.0 Å². The molecule has 0 heterocycles. The molecule has 0 bridgehead atoms. The molecule has 0 fully saturated rings. The Kier molecular flexibility index (Phi) is 4.61. The van der Waals surface area contributed by atoms with E-state index in [-0.39, 0.29) is 12.1 Å². The van der Waals surface area contributed by atoms with Crippen molar-refractivity contribution in [2.24, 2.45) is 0 Å². The van der Waals surface area contributed by atoms with Crippen LogP contribution in [0.15, 0.2) is 22.7 Å². The second-order valence-electron chi connectivity index (χ2n) is 3.36. The van der Waals surface area contributed by atoms with Gasteiger partial charge in [0.2, 0.25) is 6.29 Å². The molecule has 5 heteroatoms. The van der Waals surface area contributed by atoms with E-state index in [1.807, 2.05) is 0 Å². The third kappa shape index (κ3) is 3.41. The highest BCUT2D eigenvalue weighted by atomic mass is 79.9. The van der Waals surface area contributed by atoms with Gasteiger partial charge in [-0.05, 0) is 30.2 Å². The van der Waals surface area contributed by atoms with Crippen molar-refractivity contribution in [2.45, 2.75) is 6.42 Å². The summed E-state index contributed by atoms with van der Waals surface area (Å²) in [5, 5.41) is 0. The fraction of sp³-hybridized carbons (Fsp3) is 0.273.